The van der Waals surface area contributed by atoms with Gasteiger partial charge in [0.25, 0.3) is 0 Å². The standard InChI is InChI=1S/C15H18FNO2/c1-11-5-6-13(16)8-15(11)19-12(2)9-17-10-14-4-3-7-18-14/h3-8,12,17H,9-10H2,1-2H3. The summed E-state index contributed by atoms with van der Waals surface area (Å²) in [6.07, 6.45) is 1.60. The fourth-order valence-corrected chi connectivity index (χ4v) is 1.77. The highest BCUT2D eigenvalue weighted by Crippen LogP contribution is 2.19. The van der Waals surface area contributed by atoms with Gasteiger partial charge in [-0.05, 0) is 37.6 Å². The molecule has 3 nitrogen and oxygen atoms in total. The highest BCUT2D eigenvalue weighted by molar-refractivity contribution is 5.32. The highest BCUT2D eigenvalue weighted by Gasteiger charge is 2.07. The SMILES string of the molecule is Cc1ccc(F)cc1OC(C)CNCc1ccco1. The van der Waals surface area contributed by atoms with Gasteiger partial charge in [-0.15, -0.1) is 0 Å². The Morgan fingerprint density at radius 2 is 2.21 bits per heavy atom. The van der Waals surface area contributed by atoms with E-state index in [9.17, 15) is 4.39 Å². The van der Waals surface area contributed by atoms with Gasteiger partial charge in [-0.2, -0.15) is 0 Å². The van der Waals surface area contributed by atoms with Crippen LogP contribution in [0.3, 0.4) is 0 Å². The first-order valence-electron chi connectivity index (χ1n) is 6.31. The molecule has 0 aliphatic rings. The van der Waals surface area contributed by atoms with Crippen molar-refractivity contribution in [2.45, 2.75) is 26.5 Å². The zero-order valence-corrected chi connectivity index (χ0v) is 11.2. The minimum absolute atomic E-state index is 0.0459. The number of hydrogen-bond acceptors (Lipinski definition) is 3. The van der Waals surface area contributed by atoms with Crippen molar-refractivity contribution >= 4 is 0 Å². The number of aryl methyl sites for hydroxylation is 1. The van der Waals surface area contributed by atoms with Crippen molar-refractivity contribution in [1.29, 1.82) is 0 Å². The Labute approximate surface area is 112 Å². The summed E-state index contributed by atoms with van der Waals surface area (Å²) in [7, 11) is 0. The molecule has 1 atom stereocenters. The third-order valence-corrected chi connectivity index (χ3v) is 2.79. The number of hydrogen-bond donors (Lipinski definition) is 1. The predicted molar refractivity (Wildman–Crippen MR) is 71.6 cm³/mol. The molecule has 2 aromatic rings. The normalized spacial score (nSPS) is 12.4. The van der Waals surface area contributed by atoms with E-state index in [1.54, 1.807) is 12.3 Å². The van der Waals surface area contributed by atoms with Gasteiger partial charge in [0.1, 0.15) is 23.4 Å². The zero-order chi connectivity index (χ0) is 13.7. The number of rotatable bonds is 6. The molecule has 102 valence electrons. The van der Waals surface area contributed by atoms with Gasteiger partial charge in [0, 0.05) is 12.6 Å². The van der Waals surface area contributed by atoms with Crippen LogP contribution in [0.15, 0.2) is 41.0 Å². The molecule has 0 spiro atoms. The largest absolute Gasteiger partial charge is 0.489 e. The molecule has 0 amide bonds. The lowest BCUT2D eigenvalue weighted by Crippen LogP contribution is -2.28. The molecule has 0 saturated carbocycles. The summed E-state index contributed by atoms with van der Waals surface area (Å²) in [4.78, 5) is 0. The van der Waals surface area contributed by atoms with Crippen LogP contribution in [0.4, 0.5) is 4.39 Å². The topological polar surface area (TPSA) is 34.4 Å². The van der Waals surface area contributed by atoms with Crippen LogP contribution >= 0.6 is 0 Å². The van der Waals surface area contributed by atoms with Gasteiger partial charge in [-0.1, -0.05) is 6.07 Å². The third kappa shape index (κ3) is 4.10. The summed E-state index contributed by atoms with van der Waals surface area (Å²) in [6.45, 7) is 5.16. The maximum Gasteiger partial charge on any atom is 0.126 e. The van der Waals surface area contributed by atoms with E-state index in [2.05, 4.69) is 5.32 Å². The van der Waals surface area contributed by atoms with E-state index < -0.39 is 0 Å². The van der Waals surface area contributed by atoms with Crippen molar-refractivity contribution in [2.24, 2.45) is 0 Å². The summed E-state index contributed by atoms with van der Waals surface area (Å²) >= 11 is 0. The van der Waals surface area contributed by atoms with E-state index in [-0.39, 0.29) is 11.9 Å². The van der Waals surface area contributed by atoms with Crippen molar-refractivity contribution < 1.29 is 13.5 Å². The van der Waals surface area contributed by atoms with E-state index in [4.69, 9.17) is 9.15 Å². The molecule has 0 aliphatic heterocycles. The van der Waals surface area contributed by atoms with Gasteiger partial charge >= 0.3 is 0 Å². The Balaban J connectivity index is 1.80. The first-order valence-corrected chi connectivity index (χ1v) is 6.31. The Morgan fingerprint density at radius 3 is 2.95 bits per heavy atom. The van der Waals surface area contributed by atoms with E-state index in [0.717, 1.165) is 11.3 Å². The maximum atomic E-state index is 13.1. The van der Waals surface area contributed by atoms with Crippen LogP contribution in [0.25, 0.3) is 0 Å². The average Bonchev–Trinajstić information content (AvgIpc) is 2.87. The fourth-order valence-electron chi connectivity index (χ4n) is 1.77. The van der Waals surface area contributed by atoms with Crippen molar-refractivity contribution in [3.63, 3.8) is 0 Å². The van der Waals surface area contributed by atoms with Gasteiger partial charge < -0.3 is 14.5 Å². The molecular weight excluding hydrogens is 245 g/mol. The van der Waals surface area contributed by atoms with Crippen molar-refractivity contribution in [2.75, 3.05) is 6.54 Å². The van der Waals surface area contributed by atoms with Gasteiger partial charge in [0.2, 0.25) is 0 Å². The van der Waals surface area contributed by atoms with E-state index in [0.29, 0.717) is 18.8 Å². The molecule has 2 rings (SSSR count). The Bertz CT molecular complexity index is 511. The molecular formula is C15H18FNO2. The lowest BCUT2D eigenvalue weighted by molar-refractivity contribution is 0.213. The van der Waals surface area contributed by atoms with Crippen LogP contribution in [0.5, 0.6) is 5.75 Å². The third-order valence-electron chi connectivity index (χ3n) is 2.79. The molecule has 1 aromatic carbocycles. The quantitative estimate of drug-likeness (QED) is 0.868. The molecule has 1 unspecified atom stereocenters. The second-order valence-electron chi connectivity index (χ2n) is 4.55. The molecule has 0 saturated heterocycles. The van der Waals surface area contributed by atoms with Crippen LogP contribution in [-0.2, 0) is 6.54 Å². The minimum Gasteiger partial charge on any atom is -0.489 e. The molecule has 0 bridgehead atoms. The van der Waals surface area contributed by atoms with Crippen LogP contribution in [0.1, 0.15) is 18.2 Å². The Kier molecular flexibility index (Phi) is 4.58. The lowest BCUT2D eigenvalue weighted by atomic mass is 10.2. The molecule has 1 N–H and O–H groups in total. The monoisotopic (exact) mass is 263 g/mol. The second kappa shape index (κ2) is 6.38. The first-order chi connectivity index (χ1) is 9.15. The predicted octanol–water partition coefficient (Wildman–Crippen LogP) is 3.28. The highest BCUT2D eigenvalue weighted by atomic mass is 19.1. The van der Waals surface area contributed by atoms with Gasteiger partial charge in [-0.25, -0.2) is 4.39 Å². The van der Waals surface area contributed by atoms with E-state index >= 15 is 0 Å². The lowest BCUT2D eigenvalue weighted by Gasteiger charge is -2.16. The summed E-state index contributed by atoms with van der Waals surface area (Å²) < 4.78 is 24.1. The maximum absolute atomic E-state index is 13.1. The number of ether oxygens (including phenoxy) is 1. The van der Waals surface area contributed by atoms with Crippen LogP contribution < -0.4 is 10.1 Å². The molecule has 1 heterocycles. The Hall–Kier alpha value is -1.81. The van der Waals surface area contributed by atoms with Crippen LogP contribution in [-0.4, -0.2) is 12.6 Å². The van der Waals surface area contributed by atoms with Gasteiger partial charge in [-0.3, -0.25) is 0 Å². The second-order valence-corrected chi connectivity index (χ2v) is 4.55. The van der Waals surface area contributed by atoms with E-state index in [1.807, 2.05) is 26.0 Å². The van der Waals surface area contributed by atoms with Gasteiger partial charge in [0.15, 0.2) is 0 Å². The van der Waals surface area contributed by atoms with Crippen LogP contribution in [0.2, 0.25) is 0 Å². The number of nitrogens with one attached hydrogen (secondary N) is 1. The minimum atomic E-state index is -0.281. The van der Waals surface area contributed by atoms with E-state index in [1.165, 1.54) is 12.1 Å². The molecule has 0 aliphatic carbocycles. The van der Waals surface area contributed by atoms with Gasteiger partial charge in [0.05, 0.1) is 12.8 Å². The van der Waals surface area contributed by atoms with Crippen molar-refractivity contribution in [1.82, 2.24) is 5.32 Å². The zero-order valence-electron chi connectivity index (χ0n) is 11.2. The van der Waals surface area contributed by atoms with Crippen LogP contribution in [0, 0.1) is 12.7 Å². The summed E-state index contributed by atoms with van der Waals surface area (Å²) in [5.41, 5.74) is 0.930. The van der Waals surface area contributed by atoms with Crippen molar-refractivity contribution in [3.8, 4) is 5.75 Å². The smallest absolute Gasteiger partial charge is 0.126 e. The number of halogens is 1. The molecule has 1 aromatic heterocycles. The molecule has 0 fully saturated rings. The number of benzene rings is 1. The molecule has 0 radical (unpaired) electrons. The summed E-state index contributed by atoms with van der Waals surface area (Å²) in [5, 5.41) is 3.23. The number of furan rings is 1. The Morgan fingerprint density at radius 1 is 1.37 bits per heavy atom. The summed E-state index contributed by atoms with van der Waals surface area (Å²) in [5.74, 6) is 1.19. The molecule has 19 heavy (non-hydrogen) atoms. The van der Waals surface area contributed by atoms with Crippen molar-refractivity contribution in [3.05, 3.63) is 53.7 Å². The summed E-state index contributed by atoms with van der Waals surface area (Å²) in [6, 6.07) is 8.33. The fraction of sp³-hybridized carbons (Fsp3) is 0.333. The molecule has 4 heteroatoms. The average molecular weight is 263 g/mol. The first kappa shape index (κ1) is 13.6.